The minimum absolute atomic E-state index is 0.336. The number of aryl methyl sites for hydroxylation is 3. The van der Waals surface area contributed by atoms with E-state index >= 15 is 0 Å². The maximum absolute atomic E-state index is 4.47. The molecule has 2 aromatic rings. The Morgan fingerprint density at radius 1 is 1.48 bits per heavy atom. The highest BCUT2D eigenvalue weighted by atomic mass is 32.1. The van der Waals surface area contributed by atoms with Crippen LogP contribution in [-0.4, -0.2) is 45.3 Å². The molecule has 0 saturated heterocycles. The zero-order chi connectivity index (χ0) is 16.2. The van der Waals surface area contributed by atoms with Gasteiger partial charge in [0, 0.05) is 37.4 Å². The monoisotopic (exact) mass is 333 g/mol. The Hall–Kier alpha value is -1.96. The average molecular weight is 333 g/mol. The van der Waals surface area contributed by atoms with Gasteiger partial charge in [-0.3, -0.25) is 4.99 Å². The Morgan fingerprint density at radius 2 is 2.35 bits per heavy atom. The summed E-state index contributed by atoms with van der Waals surface area (Å²) in [4.78, 5) is 14.4. The first-order chi connectivity index (χ1) is 11.2. The van der Waals surface area contributed by atoms with Gasteiger partial charge in [0.1, 0.15) is 12.2 Å². The number of nitrogens with one attached hydrogen (secondary N) is 2. The Balaban J connectivity index is 1.48. The average Bonchev–Trinajstić information content (AvgIpc) is 3.12. The number of hydrogen-bond acceptors (Lipinski definition) is 5. The van der Waals surface area contributed by atoms with Gasteiger partial charge in [-0.2, -0.15) is 5.10 Å². The number of aromatic nitrogens is 4. The largest absolute Gasteiger partial charge is 0.356 e. The molecule has 0 aromatic carbocycles. The molecule has 0 spiro atoms. The maximum atomic E-state index is 4.47. The lowest BCUT2D eigenvalue weighted by Crippen LogP contribution is -2.47. The minimum atomic E-state index is 0.336. The molecule has 23 heavy (non-hydrogen) atoms. The van der Waals surface area contributed by atoms with Crippen LogP contribution >= 0.6 is 11.3 Å². The highest BCUT2D eigenvalue weighted by Crippen LogP contribution is 2.17. The Kier molecular flexibility index (Phi) is 4.90. The van der Waals surface area contributed by atoms with E-state index in [1.165, 1.54) is 4.88 Å². The topological polar surface area (TPSA) is 80.0 Å². The van der Waals surface area contributed by atoms with Gasteiger partial charge in [0.05, 0.1) is 17.2 Å². The minimum Gasteiger partial charge on any atom is -0.356 e. The molecule has 3 heterocycles. The van der Waals surface area contributed by atoms with E-state index in [1.54, 1.807) is 24.7 Å². The molecule has 0 amide bonds. The molecule has 124 valence electrons. The fourth-order valence-corrected chi connectivity index (χ4v) is 3.78. The number of guanidine groups is 1. The predicted octanol–water partition coefficient (Wildman–Crippen LogP) is 1.07. The van der Waals surface area contributed by atoms with Crippen LogP contribution in [0.25, 0.3) is 0 Å². The molecular weight excluding hydrogens is 310 g/mol. The zero-order valence-corrected chi connectivity index (χ0v) is 14.7. The maximum Gasteiger partial charge on any atom is 0.191 e. The van der Waals surface area contributed by atoms with Crippen molar-refractivity contribution in [2.45, 2.75) is 45.7 Å². The third-order valence-corrected chi connectivity index (χ3v) is 5.15. The van der Waals surface area contributed by atoms with Crippen LogP contribution in [0, 0.1) is 13.8 Å². The summed E-state index contributed by atoms with van der Waals surface area (Å²) >= 11 is 1.77. The summed E-state index contributed by atoms with van der Waals surface area (Å²) in [6.07, 6.45) is 4.60. The molecule has 3 rings (SSSR count). The van der Waals surface area contributed by atoms with Crippen molar-refractivity contribution in [1.29, 1.82) is 0 Å². The quantitative estimate of drug-likeness (QED) is 0.646. The van der Waals surface area contributed by atoms with Gasteiger partial charge in [0.25, 0.3) is 0 Å². The van der Waals surface area contributed by atoms with Gasteiger partial charge in [-0.1, -0.05) is 0 Å². The fourth-order valence-electron chi connectivity index (χ4n) is 2.84. The predicted molar refractivity (Wildman–Crippen MR) is 91.9 cm³/mol. The van der Waals surface area contributed by atoms with E-state index in [9.17, 15) is 0 Å². The first-order valence-corrected chi connectivity index (χ1v) is 8.74. The van der Waals surface area contributed by atoms with Crippen molar-refractivity contribution in [2.24, 2.45) is 4.99 Å². The molecule has 0 bridgehead atoms. The summed E-state index contributed by atoms with van der Waals surface area (Å²) in [5.41, 5.74) is 1.14. The third kappa shape index (κ3) is 3.87. The first-order valence-electron chi connectivity index (χ1n) is 7.92. The van der Waals surface area contributed by atoms with Crippen LogP contribution in [0.4, 0.5) is 0 Å². The Bertz CT molecular complexity index is 688. The Labute approximate surface area is 140 Å². The zero-order valence-electron chi connectivity index (χ0n) is 13.8. The van der Waals surface area contributed by atoms with Crippen LogP contribution in [0.3, 0.4) is 0 Å². The molecule has 1 atom stereocenters. The van der Waals surface area contributed by atoms with E-state index in [0.717, 1.165) is 54.8 Å². The molecule has 0 fully saturated rings. The summed E-state index contributed by atoms with van der Waals surface area (Å²) in [6, 6.07) is 0.336. The molecule has 1 aliphatic rings. The lowest BCUT2D eigenvalue weighted by molar-refractivity contribution is 0.393. The fraction of sp³-hybridized carbons (Fsp3) is 0.600. The number of aliphatic imine (C=N–C) groups is 1. The smallest absolute Gasteiger partial charge is 0.191 e. The summed E-state index contributed by atoms with van der Waals surface area (Å²) < 4.78 is 1.97. The standard InChI is InChI=1S/C15H23N7S/c1-10-13(23-11(2)20-10)6-7-17-15(16-3)21-12-4-5-14-18-9-19-22(14)8-12/h9,12H,4-8H2,1-3H3,(H2,16,17,21). The van der Waals surface area contributed by atoms with Crippen molar-refractivity contribution in [3.8, 4) is 0 Å². The van der Waals surface area contributed by atoms with Crippen molar-refractivity contribution in [2.75, 3.05) is 13.6 Å². The SMILES string of the molecule is CN=C(NCCc1sc(C)nc1C)NC1CCc2ncnn2C1. The number of hydrogen-bond donors (Lipinski definition) is 2. The highest BCUT2D eigenvalue weighted by Gasteiger charge is 2.20. The molecule has 8 heteroatoms. The van der Waals surface area contributed by atoms with E-state index in [4.69, 9.17) is 0 Å². The number of nitrogens with zero attached hydrogens (tertiary/aromatic N) is 5. The molecule has 2 N–H and O–H groups in total. The summed E-state index contributed by atoms with van der Waals surface area (Å²) in [5.74, 6) is 1.92. The Morgan fingerprint density at radius 3 is 3.09 bits per heavy atom. The second kappa shape index (κ2) is 7.08. The lowest BCUT2D eigenvalue weighted by atomic mass is 10.1. The van der Waals surface area contributed by atoms with E-state index < -0.39 is 0 Å². The van der Waals surface area contributed by atoms with Crippen LogP contribution in [-0.2, 0) is 19.4 Å². The van der Waals surface area contributed by atoms with E-state index in [2.05, 4.69) is 44.5 Å². The van der Waals surface area contributed by atoms with Gasteiger partial charge in [0.2, 0.25) is 0 Å². The van der Waals surface area contributed by atoms with Crippen molar-refractivity contribution in [3.63, 3.8) is 0 Å². The van der Waals surface area contributed by atoms with Crippen molar-refractivity contribution in [1.82, 2.24) is 30.4 Å². The molecule has 0 saturated carbocycles. The number of rotatable bonds is 4. The summed E-state index contributed by atoms with van der Waals surface area (Å²) in [7, 11) is 1.81. The van der Waals surface area contributed by atoms with Crippen LogP contribution in [0.15, 0.2) is 11.3 Å². The van der Waals surface area contributed by atoms with Crippen LogP contribution in [0.5, 0.6) is 0 Å². The summed E-state index contributed by atoms with van der Waals surface area (Å²) in [6.45, 7) is 5.81. The second-order valence-electron chi connectivity index (χ2n) is 5.73. The molecule has 1 aliphatic heterocycles. The number of fused-ring (bicyclic) bond motifs is 1. The molecule has 7 nitrogen and oxygen atoms in total. The van der Waals surface area contributed by atoms with Gasteiger partial charge in [0.15, 0.2) is 5.96 Å². The molecular formula is C15H23N7S. The van der Waals surface area contributed by atoms with Crippen molar-refractivity contribution >= 4 is 17.3 Å². The van der Waals surface area contributed by atoms with Gasteiger partial charge < -0.3 is 10.6 Å². The van der Waals surface area contributed by atoms with E-state index in [1.807, 2.05) is 4.68 Å². The normalized spacial score (nSPS) is 17.9. The third-order valence-electron chi connectivity index (χ3n) is 4.01. The van der Waals surface area contributed by atoms with E-state index in [-0.39, 0.29) is 0 Å². The van der Waals surface area contributed by atoms with Gasteiger partial charge in [-0.15, -0.1) is 11.3 Å². The lowest BCUT2D eigenvalue weighted by Gasteiger charge is -2.25. The van der Waals surface area contributed by atoms with Crippen LogP contribution in [0.1, 0.15) is 27.8 Å². The van der Waals surface area contributed by atoms with E-state index in [0.29, 0.717) is 6.04 Å². The first kappa shape index (κ1) is 15.9. The van der Waals surface area contributed by atoms with Gasteiger partial charge in [-0.25, -0.2) is 14.6 Å². The molecule has 0 radical (unpaired) electrons. The second-order valence-corrected chi connectivity index (χ2v) is 7.02. The van der Waals surface area contributed by atoms with Gasteiger partial charge in [-0.05, 0) is 20.3 Å². The van der Waals surface area contributed by atoms with Crippen LogP contribution < -0.4 is 10.6 Å². The summed E-state index contributed by atoms with van der Waals surface area (Å²) in [5, 5.41) is 12.3. The molecule has 1 unspecified atom stereocenters. The molecule has 0 aliphatic carbocycles. The van der Waals surface area contributed by atoms with Crippen molar-refractivity contribution < 1.29 is 0 Å². The van der Waals surface area contributed by atoms with Crippen LogP contribution in [0.2, 0.25) is 0 Å². The highest BCUT2D eigenvalue weighted by molar-refractivity contribution is 7.11. The van der Waals surface area contributed by atoms with Crippen molar-refractivity contribution in [3.05, 3.63) is 27.7 Å². The number of thiazole rings is 1. The molecule has 2 aromatic heterocycles. The van der Waals surface area contributed by atoms with Gasteiger partial charge >= 0.3 is 0 Å².